The molecule has 0 N–H and O–H groups in total. The van der Waals surface area contributed by atoms with Gasteiger partial charge in [-0.05, 0) is 18.3 Å². The summed E-state index contributed by atoms with van der Waals surface area (Å²) in [4.78, 5) is 0. The van der Waals surface area contributed by atoms with E-state index in [2.05, 4.69) is 20.8 Å². The molecule has 0 aromatic rings. The van der Waals surface area contributed by atoms with Gasteiger partial charge in [0.1, 0.15) is 0 Å². The Morgan fingerprint density at radius 1 is 1.40 bits per heavy atom. The molecule has 0 fully saturated rings. The minimum atomic E-state index is 0.291. The van der Waals surface area contributed by atoms with Gasteiger partial charge in [0.05, 0.1) is 0 Å². The standard InChI is InChI=1S/C8H17OP/c1-7(10-9)5-6-8(2,3)4/h7H,5-6H2,1-4H3. The molecule has 1 atom stereocenters. The first-order valence-corrected chi connectivity index (χ1v) is 4.66. The van der Waals surface area contributed by atoms with Crippen LogP contribution in [0.25, 0.3) is 0 Å². The van der Waals surface area contributed by atoms with Gasteiger partial charge in [0.2, 0.25) is 0 Å². The molecule has 0 aliphatic rings. The summed E-state index contributed by atoms with van der Waals surface area (Å²) in [6.45, 7) is 8.64. The van der Waals surface area contributed by atoms with Crippen molar-refractivity contribution in [2.75, 3.05) is 0 Å². The fourth-order valence-corrected chi connectivity index (χ4v) is 0.929. The second-order valence-corrected chi connectivity index (χ2v) is 5.15. The van der Waals surface area contributed by atoms with E-state index in [1.54, 1.807) is 0 Å². The summed E-state index contributed by atoms with van der Waals surface area (Å²) < 4.78 is 10.3. The van der Waals surface area contributed by atoms with Gasteiger partial charge in [-0.15, -0.1) is 0 Å². The van der Waals surface area contributed by atoms with E-state index in [1.165, 1.54) is 0 Å². The molecule has 0 radical (unpaired) electrons. The molecule has 0 amide bonds. The average molecular weight is 160 g/mol. The van der Waals surface area contributed by atoms with Gasteiger partial charge in [0.25, 0.3) is 0 Å². The normalized spacial score (nSPS) is 15.6. The molecule has 0 saturated carbocycles. The Hall–Kier alpha value is 0.100. The molecule has 60 valence electrons. The molecule has 0 aromatic heterocycles. The summed E-state index contributed by atoms with van der Waals surface area (Å²) in [5, 5.41) is 0. The third-order valence-corrected chi connectivity index (χ3v) is 2.11. The summed E-state index contributed by atoms with van der Waals surface area (Å²) in [5.74, 6) is 0. The Bertz CT molecular complexity index is 104. The van der Waals surface area contributed by atoms with E-state index in [0.717, 1.165) is 12.8 Å². The monoisotopic (exact) mass is 160 g/mol. The van der Waals surface area contributed by atoms with Crippen LogP contribution < -0.4 is 0 Å². The lowest BCUT2D eigenvalue weighted by Gasteiger charge is -2.18. The lowest BCUT2D eigenvalue weighted by Crippen LogP contribution is -2.07. The van der Waals surface area contributed by atoms with Crippen molar-refractivity contribution in [2.24, 2.45) is 5.41 Å². The molecule has 0 aliphatic heterocycles. The van der Waals surface area contributed by atoms with Gasteiger partial charge < -0.3 is 0 Å². The molecule has 0 spiro atoms. The highest BCUT2D eigenvalue weighted by atomic mass is 31.1. The summed E-state index contributed by atoms with van der Waals surface area (Å²) in [5.41, 5.74) is 0.720. The molecular formula is C8H17OP. The Balaban J connectivity index is 3.45. The Morgan fingerprint density at radius 3 is 2.20 bits per heavy atom. The molecule has 0 bridgehead atoms. The van der Waals surface area contributed by atoms with Crippen molar-refractivity contribution in [2.45, 2.75) is 46.2 Å². The van der Waals surface area contributed by atoms with Crippen LogP contribution >= 0.6 is 8.46 Å². The van der Waals surface area contributed by atoms with E-state index in [0.29, 0.717) is 19.5 Å². The fraction of sp³-hybridized carbons (Fsp3) is 1.00. The largest absolute Gasteiger partial charge is 0.275 e. The molecule has 1 unspecified atom stereocenters. The van der Waals surface area contributed by atoms with Gasteiger partial charge in [0.15, 0.2) is 8.46 Å². The van der Waals surface area contributed by atoms with Crippen LogP contribution in [0, 0.1) is 5.41 Å². The number of hydrogen-bond donors (Lipinski definition) is 0. The van der Waals surface area contributed by atoms with Gasteiger partial charge in [-0.25, -0.2) is 0 Å². The Morgan fingerprint density at radius 2 is 1.90 bits per heavy atom. The third-order valence-electron chi connectivity index (χ3n) is 1.49. The zero-order valence-electron chi connectivity index (χ0n) is 7.35. The van der Waals surface area contributed by atoms with E-state index in [-0.39, 0.29) is 0 Å². The van der Waals surface area contributed by atoms with E-state index in [1.807, 2.05) is 6.92 Å². The first-order chi connectivity index (χ1) is 4.45. The Labute approximate surface area is 65.4 Å². The predicted octanol–water partition coefficient (Wildman–Crippen LogP) is 3.49. The molecule has 0 aromatic carbocycles. The molecular weight excluding hydrogens is 143 g/mol. The van der Waals surface area contributed by atoms with Crippen LogP contribution in [0.2, 0.25) is 0 Å². The van der Waals surface area contributed by atoms with Crippen LogP contribution in [0.4, 0.5) is 0 Å². The molecule has 2 heteroatoms. The first-order valence-electron chi connectivity index (χ1n) is 3.78. The maximum absolute atomic E-state index is 10.3. The van der Waals surface area contributed by atoms with Crippen LogP contribution in [-0.2, 0) is 4.57 Å². The maximum atomic E-state index is 10.3. The van der Waals surface area contributed by atoms with Crippen molar-refractivity contribution >= 4 is 8.46 Å². The maximum Gasteiger partial charge on any atom is 0.158 e. The van der Waals surface area contributed by atoms with Crippen molar-refractivity contribution in [3.05, 3.63) is 0 Å². The highest BCUT2D eigenvalue weighted by molar-refractivity contribution is 7.24. The van der Waals surface area contributed by atoms with Gasteiger partial charge in [0, 0.05) is 5.66 Å². The molecule has 10 heavy (non-hydrogen) atoms. The van der Waals surface area contributed by atoms with E-state index >= 15 is 0 Å². The summed E-state index contributed by atoms with van der Waals surface area (Å²) in [6, 6.07) is 0. The van der Waals surface area contributed by atoms with E-state index in [9.17, 15) is 4.57 Å². The van der Waals surface area contributed by atoms with Crippen molar-refractivity contribution in [3.8, 4) is 0 Å². The summed E-state index contributed by atoms with van der Waals surface area (Å²) in [7, 11) is 0.291. The van der Waals surface area contributed by atoms with Crippen molar-refractivity contribution in [1.82, 2.24) is 0 Å². The highest BCUT2D eigenvalue weighted by Crippen LogP contribution is 2.24. The van der Waals surface area contributed by atoms with Gasteiger partial charge >= 0.3 is 0 Å². The van der Waals surface area contributed by atoms with Crippen LogP contribution in [0.1, 0.15) is 40.5 Å². The second kappa shape index (κ2) is 4.08. The van der Waals surface area contributed by atoms with Crippen LogP contribution in [0.15, 0.2) is 0 Å². The van der Waals surface area contributed by atoms with Crippen LogP contribution in [0.3, 0.4) is 0 Å². The van der Waals surface area contributed by atoms with E-state index in [4.69, 9.17) is 0 Å². The molecule has 1 nitrogen and oxygen atoms in total. The highest BCUT2D eigenvalue weighted by Gasteiger charge is 2.11. The van der Waals surface area contributed by atoms with E-state index < -0.39 is 0 Å². The average Bonchev–Trinajstić information content (AvgIpc) is 1.81. The van der Waals surface area contributed by atoms with Gasteiger partial charge in [-0.3, -0.25) is 4.57 Å². The van der Waals surface area contributed by atoms with Crippen molar-refractivity contribution < 1.29 is 4.57 Å². The topological polar surface area (TPSA) is 17.1 Å². The van der Waals surface area contributed by atoms with Gasteiger partial charge in [-0.2, -0.15) is 0 Å². The Kier molecular flexibility index (Phi) is 4.12. The first kappa shape index (κ1) is 10.1. The van der Waals surface area contributed by atoms with Crippen LogP contribution in [-0.4, -0.2) is 5.66 Å². The molecule has 0 saturated heterocycles. The quantitative estimate of drug-likeness (QED) is 0.577. The minimum absolute atomic E-state index is 0.291. The molecule has 0 aliphatic carbocycles. The zero-order valence-corrected chi connectivity index (χ0v) is 8.24. The second-order valence-electron chi connectivity index (χ2n) is 4.05. The lowest BCUT2D eigenvalue weighted by molar-refractivity contribution is 0.364. The van der Waals surface area contributed by atoms with Crippen molar-refractivity contribution in [3.63, 3.8) is 0 Å². The predicted molar refractivity (Wildman–Crippen MR) is 45.8 cm³/mol. The summed E-state index contributed by atoms with van der Waals surface area (Å²) in [6.07, 6.45) is 2.22. The summed E-state index contributed by atoms with van der Waals surface area (Å²) >= 11 is 0. The minimum Gasteiger partial charge on any atom is -0.275 e. The lowest BCUT2D eigenvalue weighted by atomic mass is 9.90. The van der Waals surface area contributed by atoms with Gasteiger partial charge in [-0.1, -0.05) is 27.7 Å². The van der Waals surface area contributed by atoms with Crippen molar-refractivity contribution in [1.29, 1.82) is 0 Å². The number of rotatable bonds is 3. The molecule has 0 rings (SSSR count). The van der Waals surface area contributed by atoms with Crippen LogP contribution in [0.5, 0.6) is 0 Å². The third kappa shape index (κ3) is 6.22. The SMILES string of the molecule is CC(CCC(C)(C)C)P=O. The molecule has 0 heterocycles. The zero-order chi connectivity index (χ0) is 8.20. The number of hydrogen-bond acceptors (Lipinski definition) is 1. The fourth-order valence-electron chi connectivity index (χ4n) is 0.695. The smallest absolute Gasteiger partial charge is 0.158 e.